The topological polar surface area (TPSA) is 29.3 Å². The van der Waals surface area contributed by atoms with Gasteiger partial charge < -0.3 is 5.73 Å². The molecule has 2 fully saturated rings. The van der Waals surface area contributed by atoms with Crippen molar-refractivity contribution in [3.05, 3.63) is 0 Å². The molecule has 1 saturated carbocycles. The molecule has 19 heavy (non-hydrogen) atoms. The molecule has 112 valence electrons. The Labute approximate surface area is 120 Å². The second kappa shape index (κ2) is 6.13. The van der Waals surface area contributed by atoms with Gasteiger partial charge >= 0.3 is 0 Å². The second-order valence-electron chi connectivity index (χ2n) is 7.98. The third kappa shape index (κ3) is 3.33. The van der Waals surface area contributed by atoms with Gasteiger partial charge in [-0.15, -0.1) is 0 Å². The number of nitrogens with two attached hydrogens (primary N) is 1. The highest BCUT2D eigenvalue weighted by molar-refractivity contribution is 4.95. The van der Waals surface area contributed by atoms with Gasteiger partial charge in [0.1, 0.15) is 0 Å². The first-order chi connectivity index (χ1) is 8.95. The van der Waals surface area contributed by atoms with Crippen molar-refractivity contribution in [2.75, 3.05) is 13.1 Å². The van der Waals surface area contributed by atoms with Gasteiger partial charge in [-0.3, -0.25) is 4.90 Å². The van der Waals surface area contributed by atoms with Gasteiger partial charge in [-0.1, -0.05) is 40.5 Å². The molecule has 4 atom stereocenters. The fourth-order valence-corrected chi connectivity index (χ4v) is 4.58. The number of hydrogen-bond acceptors (Lipinski definition) is 2. The first-order valence-corrected chi connectivity index (χ1v) is 8.41. The lowest BCUT2D eigenvalue weighted by Gasteiger charge is -2.51. The van der Waals surface area contributed by atoms with Gasteiger partial charge in [-0.25, -0.2) is 0 Å². The molecule has 1 aliphatic carbocycles. The summed E-state index contributed by atoms with van der Waals surface area (Å²) in [6.45, 7) is 11.8. The maximum Gasteiger partial charge on any atom is 0.0247 e. The maximum atomic E-state index is 6.10. The molecular weight excluding hydrogens is 232 g/mol. The zero-order chi connectivity index (χ0) is 14.0. The lowest BCUT2D eigenvalue weighted by atomic mass is 9.68. The number of piperidine rings is 1. The lowest BCUT2D eigenvalue weighted by molar-refractivity contribution is -0.0156. The van der Waals surface area contributed by atoms with Crippen LogP contribution in [-0.4, -0.2) is 30.1 Å². The van der Waals surface area contributed by atoms with Crippen molar-refractivity contribution >= 4 is 0 Å². The summed E-state index contributed by atoms with van der Waals surface area (Å²) in [5.74, 6) is 1.63. The quantitative estimate of drug-likeness (QED) is 0.826. The van der Waals surface area contributed by atoms with E-state index >= 15 is 0 Å². The minimum Gasteiger partial charge on any atom is -0.329 e. The summed E-state index contributed by atoms with van der Waals surface area (Å²) in [5.41, 5.74) is 6.54. The van der Waals surface area contributed by atoms with Gasteiger partial charge in [-0.2, -0.15) is 0 Å². The number of nitrogens with zero attached hydrogens (tertiary/aromatic N) is 1. The largest absolute Gasteiger partial charge is 0.329 e. The number of rotatable bonds is 2. The zero-order valence-electron chi connectivity index (χ0n) is 13.5. The molecule has 2 heteroatoms. The summed E-state index contributed by atoms with van der Waals surface area (Å²) in [6.07, 6.45) is 8.38. The van der Waals surface area contributed by atoms with Crippen LogP contribution >= 0.6 is 0 Å². The van der Waals surface area contributed by atoms with Crippen LogP contribution in [0.2, 0.25) is 0 Å². The fraction of sp³-hybridized carbons (Fsp3) is 1.00. The molecule has 0 amide bonds. The molecule has 0 aromatic rings. The molecule has 1 saturated heterocycles. The highest BCUT2D eigenvalue weighted by Gasteiger charge is 2.41. The van der Waals surface area contributed by atoms with E-state index in [1.54, 1.807) is 0 Å². The fourth-order valence-electron chi connectivity index (χ4n) is 4.58. The summed E-state index contributed by atoms with van der Waals surface area (Å²) in [6, 6.07) is 1.41. The average Bonchev–Trinajstić information content (AvgIpc) is 2.37. The predicted molar refractivity (Wildman–Crippen MR) is 83.1 cm³/mol. The Balaban J connectivity index is 2.16. The molecule has 4 unspecified atom stereocenters. The molecule has 0 aromatic carbocycles. The van der Waals surface area contributed by atoms with Crippen molar-refractivity contribution in [2.24, 2.45) is 23.0 Å². The van der Waals surface area contributed by atoms with Crippen LogP contribution in [0, 0.1) is 17.3 Å². The van der Waals surface area contributed by atoms with Crippen molar-refractivity contribution in [2.45, 2.75) is 78.3 Å². The van der Waals surface area contributed by atoms with Crippen LogP contribution in [0.15, 0.2) is 0 Å². The van der Waals surface area contributed by atoms with E-state index in [4.69, 9.17) is 5.73 Å². The molecule has 0 spiro atoms. The van der Waals surface area contributed by atoms with E-state index in [1.807, 2.05) is 0 Å². The van der Waals surface area contributed by atoms with Crippen LogP contribution in [0.25, 0.3) is 0 Å². The van der Waals surface area contributed by atoms with Crippen molar-refractivity contribution in [1.82, 2.24) is 4.90 Å². The van der Waals surface area contributed by atoms with Crippen LogP contribution < -0.4 is 5.73 Å². The van der Waals surface area contributed by atoms with E-state index in [-0.39, 0.29) is 0 Å². The van der Waals surface area contributed by atoms with Crippen LogP contribution in [-0.2, 0) is 0 Å². The normalized spacial score (nSPS) is 38.4. The number of hydrogen-bond donors (Lipinski definition) is 1. The highest BCUT2D eigenvalue weighted by Crippen LogP contribution is 2.42. The Kier molecular flexibility index (Phi) is 4.94. The van der Waals surface area contributed by atoms with Crippen molar-refractivity contribution in [3.8, 4) is 0 Å². The molecule has 2 aliphatic rings. The second-order valence-corrected chi connectivity index (χ2v) is 7.98. The molecule has 1 heterocycles. The first-order valence-electron chi connectivity index (χ1n) is 8.41. The van der Waals surface area contributed by atoms with Gasteiger partial charge in [0, 0.05) is 18.6 Å². The summed E-state index contributed by atoms with van der Waals surface area (Å²) in [5, 5.41) is 0. The van der Waals surface area contributed by atoms with Crippen LogP contribution in [0.5, 0.6) is 0 Å². The summed E-state index contributed by atoms with van der Waals surface area (Å²) in [4.78, 5) is 2.81. The van der Waals surface area contributed by atoms with Crippen molar-refractivity contribution in [3.63, 3.8) is 0 Å². The Morgan fingerprint density at radius 2 is 1.74 bits per heavy atom. The van der Waals surface area contributed by atoms with Gasteiger partial charge in [-0.05, 0) is 49.5 Å². The number of likely N-dealkylation sites (tertiary alicyclic amines) is 1. The maximum absolute atomic E-state index is 6.10. The van der Waals surface area contributed by atoms with E-state index in [2.05, 4.69) is 32.6 Å². The van der Waals surface area contributed by atoms with Crippen molar-refractivity contribution in [1.29, 1.82) is 0 Å². The molecular formula is C17H34N2. The standard InChI is InChI=1S/C17H34N2/c1-13-8-7-11-19(16(13)12-18)15-10-6-5-9-14(15)17(2,3)4/h13-16H,5-12,18H2,1-4H3. The van der Waals surface area contributed by atoms with Crippen LogP contribution in [0.4, 0.5) is 0 Å². The molecule has 2 N–H and O–H groups in total. The highest BCUT2D eigenvalue weighted by atomic mass is 15.2. The third-order valence-electron chi connectivity index (χ3n) is 5.67. The minimum atomic E-state index is 0.435. The molecule has 2 rings (SSSR count). The van der Waals surface area contributed by atoms with E-state index in [1.165, 1.54) is 45.1 Å². The van der Waals surface area contributed by atoms with Gasteiger partial charge in [0.15, 0.2) is 0 Å². The molecule has 1 aliphatic heterocycles. The first kappa shape index (κ1) is 15.3. The Morgan fingerprint density at radius 3 is 2.37 bits per heavy atom. The summed E-state index contributed by atoms with van der Waals surface area (Å²) < 4.78 is 0. The van der Waals surface area contributed by atoms with Gasteiger partial charge in [0.05, 0.1) is 0 Å². The Bertz CT molecular complexity index is 281. The SMILES string of the molecule is CC1CCCN(C2CCCCC2C(C)(C)C)C1CN. The molecule has 0 aromatic heterocycles. The van der Waals surface area contributed by atoms with E-state index < -0.39 is 0 Å². The van der Waals surface area contributed by atoms with E-state index in [9.17, 15) is 0 Å². The smallest absolute Gasteiger partial charge is 0.0247 e. The Hall–Kier alpha value is -0.0800. The van der Waals surface area contributed by atoms with Gasteiger partial charge in [0.25, 0.3) is 0 Å². The predicted octanol–water partition coefficient (Wildman–Crippen LogP) is 3.65. The average molecular weight is 266 g/mol. The Morgan fingerprint density at radius 1 is 1.05 bits per heavy atom. The monoisotopic (exact) mass is 266 g/mol. The lowest BCUT2D eigenvalue weighted by Crippen LogP contribution is -2.57. The van der Waals surface area contributed by atoms with Crippen molar-refractivity contribution < 1.29 is 0 Å². The van der Waals surface area contributed by atoms with Crippen LogP contribution in [0.1, 0.15) is 66.2 Å². The third-order valence-corrected chi connectivity index (χ3v) is 5.67. The summed E-state index contributed by atoms with van der Waals surface area (Å²) in [7, 11) is 0. The van der Waals surface area contributed by atoms with Crippen LogP contribution in [0.3, 0.4) is 0 Å². The minimum absolute atomic E-state index is 0.435. The molecule has 0 radical (unpaired) electrons. The van der Waals surface area contributed by atoms with E-state index in [0.717, 1.165) is 24.4 Å². The van der Waals surface area contributed by atoms with Gasteiger partial charge in [0.2, 0.25) is 0 Å². The van der Waals surface area contributed by atoms with E-state index in [0.29, 0.717) is 11.5 Å². The molecule has 2 nitrogen and oxygen atoms in total. The zero-order valence-corrected chi connectivity index (χ0v) is 13.5. The summed E-state index contributed by atoms with van der Waals surface area (Å²) >= 11 is 0. The molecule has 0 bridgehead atoms.